The first-order valence-electron chi connectivity index (χ1n) is 8.86. The molecule has 1 aromatic carbocycles. The summed E-state index contributed by atoms with van der Waals surface area (Å²) in [6.45, 7) is 8.65. The Kier molecular flexibility index (Phi) is 5.30. The summed E-state index contributed by atoms with van der Waals surface area (Å²) in [4.78, 5) is 12.4. The van der Waals surface area contributed by atoms with Gasteiger partial charge in [0.25, 0.3) is 5.91 Å². The SMILES string of the molecule is Cc1ccc(OCn2ccc(C(=O)NCc3c(C)nn(C)c3C)n2)c(C)c1. The first kappa shape index (κ1) is 18.7. The van der Waals surface area contributed by atoms with E-state index in [0.29, 0.717) is 12.2 Å². The molecule has 0 unspecified atom stereocenters. The third kappa shape index (κ3) is 4.19. The predicted octanol–water partition coefficient (Wildman–Crippen LogP) is 2.82. The molecule has 0 bridgehead atoms. The Morgan fingerprint density at radius 1 is 1.15 bits per heavy atom. The van der Waals surface area contributed by atoms with Crippen molar-refractivity contribution in [2.45, 2.75) is 41.0 Å². The van der Waals surface area contributed by atoms with Crippen molar-refractivity contribution in [1.29, 1.82) is 0 Å². The maximum atomic E-state index is 12.4. The molecule has 0 saturated carbocycles. The molecule has 0 aliphatic rings. The van der Waals surface area contributed by atoms with Crippen LogP contribution in [-0.4, -0.2) is 25.5 Å². The molecule has 1 amide bonds. The molecule has 0 fully saturated rings. The van der Waals surface area contributed by atoms with E-state index in [0.717, 1.165) is 28.3 Å². The van der Waals surface area contributed by atoms with Crippen molar-refractivity contribution in [2.75, 3.05) is 0 Å². The normalized spacial score (nSPS) is 10.9. The fourth-order valence-corrected chi connectivity index (χ4v) is 2.98. The molecule has 1 N–H and O–H groups in total. The number of carbonyl (C=O) groups is 1. The molecule has 3 aromatic rings. The van der Waals surface area contributed by atoms with Crippen molar-refractivity contribution in [2.24, 2.45) is 7.05 Å². The second-order valence-electron chi connectivity index (χ2n) is 6.74. The highest BCUT2D eigenvalue weighted by Crippen LogP contribution is 2.19. The minimum Gasteiger partial charge on any atom is -0.471 e. The lowest BCUT2D eigenvalue weighted by Gasteiger charge is -2.09. The monoisotopic (exact) mass is 367 g/mol. The number of nitrogens with zero attached hydrogens (tertiary/aromatic N) is 4. The van der Waals surface area contributed by atoms with Crippen LogP contribution in [0.2, 0.25) is 0 Å². The summed E-state index contributed by atoms with van der Waals surface area (Å²) in [5, 5.41) is 11.6. The van der Waals surface area contributed by atoms with Crippen LogP contribution in [0.1, 0.15) is 38.6 Å². The van der Waals surface area contributed by atoms with E-state index in [2.05, 4.69) is 21.6 Å². The molecule has 2 aromatic heterocycles. The lowest BCUT2D eigenvalue weighted by molar-refractivity contribution is 0.0943. The number of amides is 1. The maximum absolute atomic E-state index is 12.4. The summed E-state index contributed by atoms with van der Waals surface area (Å²) in [7, 11) is 1.89. The van der Waals surface area contributed by atoms with Gasteiger partial charge < -0.3 is 10.1 Å². The molecule has 0 saturated heterocycles. The number of nitrogens with one attached hydrogen (secondary N) is 1. The van der Waals surface area contributed by atoms with E-state index in [1.54, 1.807) is 16.9 Å². The number of carbonyl (C=O) groups excluding carboxylic acids is 1. The molecule has 0 spiro atoms. The number of hydrogen-bond donors (Lipinski definition) is 1. The van der Waals surface area contributed by atoms with Crippen LogP contribution < -0.4 is 10.1 Å². The fourth-order valence-electron chi connectivity index (χ4n) is 2.98. The second kappa shape index (κ2) is 7.65. The molecule has 0 atom stereocenters. The molecule has 0 radical (unpaired) electrons. The topological polar surface area (TPSA) is 74.0 Å². The van der Waals surface area contributed by atoms with Crippen LogP contribution >= 0.6 is 0 Å². The summed E-state index contributed by atoms with van der Waals surface area (Å²) in [6, 6.07) is 7.70. The first-order chi connectivity index (χ1) is 12.8. The third-order valence-electron chi connectivity index (χ3n) is 4.64. The summed E-state index contributed by atoms with van der Waals surface area (Å²) in [5.74, 6) is 0.590. The number of aromatic nitrogens is 4. The summed E-state index contributed by atoms with van der Waals surface area (Å²) < 4.78 is 9.21. The zero-order valence-corrected chi connectivity index (χ0v) is 16.4. The Labute approximate surface area is 159 Å². The van der Waals surface area contributed by atoms with Gasteiger partial charge in [-0.2, -0.15) is 10.2 Å². The minimum atomic E-state index is -0.220. The van der Waals surface area contributed by atoms with Gasteiger partial charge in [0.2, 0.25) is 0 Å². The van der Waals surface area contributed by atoms with Gasteiger partial charge in [0, 0.05) is 31.0 Å². The van der Waals surface area contributed by atoms with Crippen molar-refractivity contribution in [3.05, 3.63) is 64.2 Å². The lowest BCUT2D eigenvalue weighted by Crippen LogP contribution is -2.24. The zero-order chi connectivity index (χ0) is 19.6. The minimum absolute atomic E-state index is 0.220. The number of hydrogen-bond acceptors (Lipinski definition) is 4. The highest BCUT2D eigenvalue weighted by molar-refractivity contribution is 5.92. The molecule has 0 aliphatic carbocycles. The van der Waals surface area contributed by atoms with E-state index in [4.69, 9.17) is 4.74 Å². The molecule has 27 heavy (non-hydrogen) atoms. The van der Waals surface area contributed by atoms with Crippen LogP contribution in [0.5, 0.6) is 5.75 Å². The van der Waals surface area contributed by atoms with Gasteiger partial charge in [0.1, 0.15) is 11.4 Å². The van der Waals surface area contributed by atoms with E-state index >= 15 is 0 Å². The number of benzene rings is 1. The highest BCUT2D eigenvalue weighted by atomic mass is 16.5. The van der Waals surface area contributed by atoms with Gasteiger partial charge in [-0.05, 0) is 45.4 Å². The average molecular weight is 367 g/mol. The summed E-state index contributed by atoms with van der Waals surface area (Å²) in [5.41, 5.74) is 5.61. The van der Waals surface area contributed by atoms with Crippen molar-refractivity contribution in [3.8, 4) is 5.75 Å². The van der Waals surface area contributed by atoms with E-state index in [9.17, 15) is 4.79 Å². The van der Waals surface area contributed by atoms with Crippen molar-refractivity contribution in [1.82, 2.24) is 24.9 Å². The molecule has 2 heterocycles. The van der Waals surface area contributed by atoms with Crippen LogP contribution in [0.15, 0.2) is 30.5 Å². The second-order valence-corrected chi connectivity index (χ2v) is 6.74. The standard InChI is InChI=1S/C20H25N5O2/c1-13-6-7-19(14(2)10-13)27-12-25-9-8-18(23-25)20(26)21-11-17-15(3)22-24(5)16(17)4/h6-10H,11-12H2,1-5H3,(H,21,26). The Bertz CT molecular complexity index is 971. The van der Waals surface area contributed by atoms with E-state index in [1.165, 1.54) is 5.56 Å². The van der Waals surface area contributed by atoms with Gasteiger partial charge in [-0.25, -0.2) is 4.68 Å². The van der Waals surface area contributed by atoms with Gasteiger partial charge in [-0.3, -0.25) is 9.48 Å². The molecule has 7 heteroatoms. The molecule has 142 valence electrons. The average Bonchev–Trinajstić information content (AvgIpc) is 3.18. The Morgan fingerprint density at radius 2 is 1.93 bits per heavy atom. The largest absolute Gasteiger partial charge is 0.471 e. The molecule has 7 nitrogen and oxygen atoms in total. The van der Waals surface area contributed by atoms with Crippen LogP contribution in [0, 0.1) is 27.7 Å². The van der Waals surface area contributed by atoms with Crippen LogP contribution in [0.3, 0.4) is 0 Å². The number of rotatable bonds is 6. The predicted molar refractivity (Wildman–Crippen MR) is 103 cm³/mol. The Balaban J connectivity index is 1.58. The summed E-state index contributed by atoms with van der Waals surface area (Å²) >= 11 is 0. The van der Waals surface area contributed by atoms with Crippen LogP contribution in [0.4, 0.5) is 0 Å². The van der Waals surface area contributed by atoms with Gasteiger partial charge in [-0.1, -0.05) is 17.7 Å². The van der Waals surface area contributed by atoms with Crippen LogP contribution in [-0.2, 0) is 20.3 Å². The Morgan fingerprint density at radius 3 is 2.59 bits per heavy atom. The smallest absolute Gasteiger partial charge is 0.272 e. The van der Waals surface area contributed by atoms with Crippen molar-refractivity contribution < 1.29 is 9.53 Å². The first-order valence-corrected chi connectivity index (χ1v) is 8.86. The molecule has 3 rings (SSSR count). The van der Waals surface area contributed by atoms with Crippen molar-refractivity contribution in [3.63, 3.8) is 0 Å². The Hall–Kier alpha value is -3.09. The lowest BCUT2D eigenvalue weighted by atomic mass is 10.1. The van der Waals surface area contributed by atoms with Crippen LogP contribution in [0.25, 0.3) is 0 Å². The van der Waals surface area contributed by atoms with E-state index in [-0.39, 0.29) is 12.6 Å². The fraction of sp³-hybridized carbons (Fsp3) is 0.350. The van der Waals surface area contributed by atoms with Gasteiger partial charge in [0.05, 0.1) is 5.69 Å². The number of ether oxygens (including phenoxy) is 1. The summed E-state index contributed by atoms with van der Waals surface area (Å²) in [6.07, 6.45) is 1.74. The number of aryl methyl sites for hydroxylation is 4. The maximum Gasteiger partial charge on any atom is 0.272 e. The molecular weight excluding hydrogens is 342 g/mol. The van der Waals surface area contributed by atoms with Gasteiger partial charge >= 0.3 is 0 Å². The van der Waals surface area contributed by atoms with Crippen molar-refractivity contribution >= 4 is 5.91 Å². The highest BCUT2D eigenvalue weighted by Gasteiger charge is 2.13. The molecular formula is C20H25N5O2. The van der Waals surface area contributed by atoms with E-state index in [1.807, 2.05) is 51.6 Å². The molecule has 0 aliphatic heterocycles. The third-order valence-corrected chi connectivity index (χ3v) is 4.64. The zero-order valence-electron chi connectivity index (χ0n) is 16.4. The van der Waals surface area contributed by atoms with E-state index < -0.39 is 0 Å². The van der Waals surface area contributed by atoms with Gasteiger partial charge in [-0.15, -0.1) is 0 Å². The quantitative estimate of drug-likeness (QED) is 0.727. The van der Waals surface area contributed by atoms with Gasteiger partial charge in [0.15, 0.2) is 6.73 Å².